The smallest absolute Gasteiger partial charge is 0.345 e. The fourth-order valence-electron chi connectivity index (χ4n) is 1.81. The molecule has 1 heterocycles. The normalized spacial score (nSPS) is 12.3. The second-order valence-electron chi connectivity index (χ2n) is 4.58. The van der Waals surface area contributed by atoms with Gasteiger partial charge in [0.2, 0.25) is 0 Å². The quantitative estimate of drug-likeness (QED) is 0.876. The van der Waals surface area contributed by atoms with Crippen LogP contribution in [0.5, 0.6) is 0 Å². The van der Waals surface area contributed by atoms with E-state index in [9.17, 15) is 4.79 Å². The fourth-order valence-corrected chi connectivity index (χ4v) is 2.61. The molecule has 1 aromatic carbocycles. The molecule has 2 rings (SSSR count). The first-order valence-electron chi connectivity index (χ1n) is 6.18. The average Bonchev–Trinajstić information content (AvgIpc) is 2.86. The number of carbonyl (C=O) groups is 1. The van der Waals surface area contributed by atoms with E-state index < -0.39 is 5.97 Å². The summed E-state index contributed by atoms with van der Waals surface area (Å²) in [6.45, 7) is 4.87. The Hall–Kier alpha value is -1.65. The molecule has 1 atom stereocenters. The van der Waals surface area contributed by atoms with Gasteiger partial charge in [0.25, 0.3) is 0 Å². The van der Waals surface area contributed by atoms with E-state index in [1.54, 1.807) is 6.07 Å². The topological polar surface area (TPSA) is 49.3 Å². The van der Waals surface area contributed by atoms with Crippen LogP contribution < -0.4 is 5.32 Å². The number of thiophene rings is 1. The van der Waals surface area contributed by atoms with Crippen molar-refractivity contribution in [1.29, 1.82) is 0 Å². The van der Waals surface area contributed by atoms with Gasteiger partial charge in [-0.1, -0.05) is 29.8 Å². The van der Waals surface area contributed by atoms with Gasteiger partial charge in [-0.15, -0.1) is 11.3 Å². The number of carboxylic acid groups (broad SMARTS) is 1. The lowest BCUT2D eigenvalue weighted by atomic mass is 10.1. The number of aryl methyl sites for hydroxylation is 1. The zero-order valence-electron chi connectivity index (χ0n) is 11.0. The van der Waals surface area contributed by atoms with Crippen LogP contribution in [0.4, 0.5) is 0 Å². The Kier molecular flexibility index (Phi) is 4.35. The highest BCUT2D eigenvalue weighted by atomic mass is 32.1. The van der Waals surface area contributed by atoms with Gasteiger partial charge < -0.3 is 10.4 Å². The molecule has 0 aliphatic heterocycles. The number of nitrogens with one attached hydrogen (secondary N) is 1. The summed E-state index contributed by atoms with van der Waals surface area (Å²) in [6, 6.07) is 12.2. The molecule has 0 fully saturated rings. The predicted molar refractivity (Wildman–Crippen MR) is 77.7 cm³/mol. The fraction of sp³-hybridized carbons (Fsp3) is 0.267. The first-order chi connectivity index (χ1) is 9.06. The van der Waals surface area contributed by atoms with Crippen molar-refractivity contribution in [3.63, 3.8) is 0 Å². The van der Waals surface area contributed by atoms with Crippen molar-refractivity contribution in [2.45, 2.75) is 26.4 Å². The lowest BCUT2D eigenvalue weighted by molar-refractivity contribution is 0.0702. The largest absolute Gasteiger partial charge is 0.477 e. The highest BCUT2D eigenvalue weighted by molar-refractivity contribution is 7.13. The molecule has 100 valence electrons. The summed E-state index contributed by atoms with van der Waals surface area (Å²) in [5.41, 5.74) is 2.49. The molecule has 0 saturated carbocycles. The maximum atomic E-state index is 10.8. The number of aromatic carboxylic acids is 1. The molecule has 3 nitrogen and oxygen atoms in total. The minimum Gasteiger partial charge on any atom is -0.477 e. The van der Waals surface area contributed by atoms with E-state index in [0.717, 1.165) is 4.88 Å². The molecule has 2 aromatic rings. The highest BCUT2D eigenvalue weighted by Gasteiger charge is 2.08. The van der Waals surface area contributed by atoms with Gasteiger partial charge in [-0.25, -0.2) is 4.79 Å². The van der Waals surface area contributed by atoms with Crippen LogP contribution in [0.25, 0.3) is 0 Å². The Morgan fingerprint density at radius 1 is 1.26 bits per heavy atom. The predicted octanol–water partition coefficient (Wildman–Crippen LogP) is 3.61. The van der Waals surface area contributed by atoms with Gasteiger partial charge >= 0.3 is 5.97 Å². The first-order valence-corrected chi connectivity index (χ1v) is 7.00. The van der Waals surface area contributed by atoms with Crippen molar-refractivity contribution in [1.82, 2.24) is 5.32 Å². The number of carboxylic acids is 1. The molecule has 1 aromatic heterocycles. The van der Waals surface area contributed by atoms with Gasteiger partial charge in [-0.05, 0) is 31.5 Å². The van der Waals surface area contributed by atoms with E-state index in [2.05, 4.69) is 43.4 Å². The first kappa shape index (κ1) is 13.8. The third kappa shape index (κ3) is 3.66. The lowest BCUT2D eigenvalue weighted by Gasteiger charge is -2.13. The van der Waals surface area contributed by atoms with E-state index in [1.165, 1.54) is 22.5 Å². The van der Waals surface area contributed by atoms with Gasteiger partial charge in [0.1, 0.15) is 4.88 Å². The molecule has 0 aliphatic rings. The molecule has 2 N–H and O–H groups in total. The summed E-state index contributed by atoms with van der Waals surface area (Å²) in [7, 11) is 0. The van der Waals surface area contributed by atoms with Gasteiger partial charge in [0.05, 0.1) is 0 Å². The van der Waals surface area contributed by atoms with Crippen LogP contribution in [-0.2, 0) is 6.54 Å². The van der Waals surface area contributed by atoms with E-state index in [-0.39, 0.29) is 6.04 Å². The number of hydrogen-bond donors (Lipinski definition) is 2. The van der Waals surface area contributed by atoms with Crippen LogP contribution in [0.15, 0.2) is 36.4 Å². The third-order valence-corrected chi connectivity index (χ3v) is 4.11. The molecule has 0 amide bonds. The molecule has 0 saturated heterocycles. The van der Waals surface area contributed by atoms with Gasteiger partial charge in [0, 0.05) is 17.5 Å². The Morgan fingerprint density at radius 2 is 1.95 bits per heavy atom. The van der Waals surface area contributed by atoms with Crippen LogP contribution in [-0.4, -0.2) is 11.1 Å². The summed E-state index contributed by atoms with van der Waals surface area (Å²) in [5, 5.41) is 12.3. The van der Waals surface area contributed by atoms with E-state index in [4.69, 9.17) is 5.11 Å². The second kappa shape index (κ2) is 5.99. The number of hydrogen-bond acceptors (Lipinski definition) is 3. The molecule has 0 radical (unpaired) electrons. The highest BCUT2D eigenvalue weighted by Crippen LogP contribution is 2.18. The maximum Gasteiger partial charge on any atom is 0.345 e. The zero-order chi connectivity index (χ0) is 13.8. The van der Waals surface area contributed by atoms with Crippen LogP contribution in [0.2, 0.25) is 0 Å². The molecule has 0 aliphatic carbocycles. The monoisotopic (exact) mass is 275 g/mol. The van der Waals surface area contributed by atoms with Crippen molar-refractivity contribution < 1.29 is 9.90 Å². The van der Waals surface area contributed by atoms with Gasteiger partial charge in [0.15, 0.2) is 0 Å². The van der Waals surface area contributed by atoms with Gasteiger partial charge in [-0.3, -0.25) is 0 Å². The number of benzene rings is 1. The van der Waals surface area contributed by atoms with E-state index in [0.29, 0.717) is 11.4 Å². The summed E-state index contributed by atoms with van der Waals surface area (Å²) < 4.78 is 0. The molecule has 0 bridgehead atoms. The van der Waals surface area contributed by atoms with E-state index >= 15 is 0 Å². The van der Waals surface area contributed by atoms with E-state index in [1.807, 2.05) is 6.07 Å². The minimum absolute atomic E-state index is 0.246. The summed E-state index contributed by atoms with van der Waals surface area (Å²) in [5.74, 6) is -0.858. The lowest BCUT2D eigenvalue weighted by Crippen LogP contribution is -2.17. The maximum absolute atomic E-state index is 10.8. The summed E-state index contributed by atoms with van der Waals surface area (Å²) in [6.07, 6.45) is 0. The molecule has 0 unspecified atom stereocenters. The Morgan fingerprint density at radius 3 is 2.53 bits per heavy atom. The van der Waals surface area contributed by atoms with Gasteiger partial charge in [-0.2, -0.15) is 0 Å². The summed E-state index contributed by atoms with van der Waals surface area (Å²) in [4.78, 5) is 12.2. The standard InChI is InChI=1S/C15H17NO2S/c1-10-3-5-12(6-4-10)11(2)16-9-13-7-8-14(19-13)15(17)18/h3-8,11,16H,9H2,1-2H3,(H,17,18)/t11-/m1/s1. The minimum atomic E-state index is -0.858. The van der Waals surface area contributed by atoms with Crippen molar-refractivity contribution >= 4 is 17.3 Å². The van der Waals surface area contributed by atoms with Crippen LogP contribution >= 0.6 is 11.3 Å². The summed E-state index contributed by atoms with van der Waals surface area (Å²) >= 11 is 1.32. The average molecular weight is 275 g/mol. The molecule has 0 spiro atoms. The Balaban J connectivity index is 1.94. The van der Waals surface area contributed by atoms with Crippen LogP contribution in [0, 0.1) is 6.92 Å². The van der Waals surface area contributed by atoms with Crippen LogP contribution in [0.1, 0.15) is 38.6 Å². The van der Waals surface area contributed by atoms with Crippen molar-refractivity contribution in [2.24, 2.45) is 0 Å². The zero-order valence-corrected chi connectivity index (χ0v) is 11.8. The van der Waals surface area contributed by atoms with Crippen molar-refractivity contribution in [3.05, 3.63) is 57.3 Å². The third-order valence-electron chi connectivity index (χ3n) is 3.03. The van der Waals surface area contributed by atoms with Crippen LogP contribution in [0.3, 0.4) is 0 Å². The number of rotatable bonds is 5. The molecular formula is C15H17NO2S. The molecule has 4 heteroatoms. The Labute approximate surface area is 116 Å². The molecule has 19 heavy (non-hydrogen) atoms. The SMILES string of the molecule is Cc1ccc([C@@H](C)NCc2ccc(C(=O)O)s2)cc1. The van der Waals surface area contributed by atoms with Crippen molar-refractivity contribution in [3.8, 4) is 0 Å². The van der Waals surface area contributed by atoms with Crippen molar-refractivity contribution in [2.75, 3.05) is 0 Å². The Bertz CT molecular complexity index is 560. The second-order valence-corrected chi connectivity index (χ2v) is 5.75. The molecular weight excluding hydrogens is 258 g/mol.